The smallest absolute Gasteiger partial charge is 0.334 e. The van der Waals surface area contributed by atoms with Gasteiger partial charge in [0.1, 0.15) is 12.0 Å². The summed E-state index contributed by atoms with van der Waals surface area (Å²) in [5.41, 5.74) is 7.15. The van der Waals surface area contributed by atoms with Gasteiger partial charge in [0.25, 0.3) is 5.91 Å². The average molecular weight is 379 g/mol. The quantitative estimate of drug-likeness (QED) is 0.439. The van der Waals surface area contributed by atoms with Crippen molar-refractivity contribution in [2.75, 3.05) is 10.7 Å². The van der Waals surface area contributed by atoms with Crippen molar-refractivity contribution in [2.45, 2.75) is 13.8 Å². The number of nitrogens with zero attached hydrogens (tertiary/aromatic N) is 4. The van der Waals surface area contributed by atoms with E-state index in [4.69, 9.17) is 0 Å². The minimum atomic E-state index is -0.622. The fraction of sp³-hybridized carbons (Fsp3) is 0.111. The van der Waals surface area contributed by atoms with E-state index in [1.807, 2.05) is 32.0 Å². The molecule has 142 valence electrons. The van der Waals surface area contributed by atoms with Gasteiger partial charge in [-0.05, 0) is 43.2 Å². The van der Waals surface area contributed by atoms with Gasteiger partial charge in [-0.3, -0.25) is 30.7 Å². The van der Waals surface area contributed by atoms with E-state index in [0.717, 1.165) is 17.5 Å². The molecule has 0 radical (unpaired) electrons. The molecule has 3 aromatic rings. The van der Waals surface area contributed by atoms with Crippen molar-refractivity contribution in [3.63, 3.8) is 0 Å². The fourth-order valence-corrected chi connectivity index (χ4v) is 2.41. The van der Waals surface area contributed by atoms with Crippen molar-refractivity contribution in [1.82, 2.24) is 20.4 Å². The molecule has 28 heavy (non-hydrogen) atoms. The van der Waals surface area contributed by atoms with Gasteiger partial charge in [-0.2, -0.15) is 0 Å². The monoisotopic (exact) mass is 379 g/mol. The summed E-state index contributed by atoms with van der Waals surface area (Å²) >= 11 is 0. The second-order valence-electron chi connectivity index (χ2n) is 5.91. The Bertz CT molecular complexity index is 1020. The predicted octanol–water partition coefficient (Wildman–Crippen LogP) is 2.90. The van der Waals surface area contributed by atoms with Crippen LogP contribution >= 0.6 is 0 Å². The summed E-state index contributed by atoms with van der Waals surface area (Å²) in [7, 11) is 0. The van der Waals surface area contributed by atoms with Gasteiger partial charge in [0, 0.05) is 11.9 Å². The first-order valence-corrected chi connectivity index (χ1v) is 8.27. The highest BCUT2D eigenvalue weighted by atomic mass is 16.6. The van der Waals surface area contributed by atoms with Gasteiger partial charge in [-0.25, -0.2) is 9.97 Å². The van der Waals surface area contributed by atoms with Crippen LogP contribution in [0, 0.1) is 24.0 Å². The molecule has 0 aliphatic heterocycles. The standard InChI is InChI=1S/C18H17N7O3/c1-11-6-7-12(2)14(9-11)22-16-15(25(27)28)17(21-10-20-16)23-24-18(26)13-5-3-4-8-19-13/h3-10H,1-2H3,(H,24,26)(H2,20,21,22,23). The molecule has 0 bridgehead atoms. The number of amides is 1. The van der Waals surface area contributed by atoms with E-state index in [-0.39, 0.29) is 17.3 Å². The van der Waals surface area contributed by atoms with Gasteiger partial charge in [0.2, 0.25) is 11.6 Å². The van der Waals surface area contributed by atoms with E-state index in [0.29, 0.717) is 5.69 Å². The molecule has 1 aromatic carbocycles. The first-order chi connectivity index (χ1) is 13.5. The maximum absolute atomic E-state index is 12.1. The van der Waals surface area contributed by atoms with Crippen molar-refractivity contribution >= 4 is 28.9 Å². The molecule has 0 spiro atoms. The van der Waals surface area contributed by atoms with Crippen LogP contribution in [0.15, 0.2) is 48.9 Å². The second-order valence-corrected chi connectivity index (χ2v) is 5.91. The molecule has 0 unspecified atom stereocenters. The van der Waals surface area contributed by atoms with Crippen LogP contribution in [0.3, 0.4) is 0 Å². The Morgan fingerprint density at radius 2 is 1.86 bits per heavy atom. The Hall–Kier alpha value is -4.08. The number of anilines is 3. The number of nitro groups is 1. The Labute approximate surface area is 160 Å². The van der Waals surface area contributed by atoms with Crippen LogP contribution in [0.5, 0.6) is 0 Å². The first-order valence-electron chi connectivity index (χ1n) is 8.27. The number of nitrogens with one attached hydrogen (secondary N) is 3. The number of aromatic nitrogens is 3. The molecule has 0 fully saturated rings. The highest BCUT2D eigenvalue weighted by Gasteiger charge is 2.24. The topological polar surface area (TPSA) is 135 Å². The summed E-state index contributed by atoms with van der Waals surface area (Å²) < 4.78 is 0. The SMILES string of the molecule is Cc1ccc(C)c(Nc2ncnc(NNC(=O)c3ccccn3)c2[N+](=O)[O-])c1. The molecule has 1 amide bonds. The molecule has 0 aliphatic carbocycles. The lowest BCUT2D eigenvalue weighted by Crippen LogP contribution is -2.31. The Morgan fingerprint density at radius 3 is 2.57 bits per heavy atom. The molecular formula is C18H17N7O3. The highest BCUT2D eigenvalue weighted by Crippen LogP contribution is 2.31. The minimum absolute atomic E-state index is 0.00304. The maximum atomic E-state index is 12.1. The number of carbonyl (C=O) groups is 1. The summed E-state index contributed by atoms with van der Waals surface area (Å²) in [6.45, 7) is 3.79. The fourth-order valence-electron chi connectivity index (χ4n) is 2.41. The van der Waals surface area contributed by atoms with Crippen LogP contribution in [0.2, 0.25) is 0 Å². The summed E-state index contributed by atoms with van der Waals surface area (Å²) in [5.74, 6) is -0.710. The lowest BCUT2D eigenvalue weighted by molar-refractivity contribution is -0.383. The number of carbonyl (C=O) groups excluding carboxylic acids is 1. The molecule has 10 heteroatoms. The first kappa shape index (κ1) is 18.7. The number of aryl methyl sites for hydroxylation is 2. The van der Waals surface area contributed by atoms with Gasteiger partial charge in [-0.1, -0.05) is 18.2 Å². The van der Waals surface area contributed by atoms with Crippen LogP contribution in [0.1, 0.15) is 21.6 Å². The van der Waals surface area contributed by atoms with E-state index in [1.54, 1.807) is 12.1 Å². The normalized spacial score (nSPS) is 10.2. The van der Waals surface area contributed by atoms with Crippen molar-refractivity contribution in [1.29, 1.82) is 0 Å². The Balaban J connectivity index is 1.86. The van der Waals surface area contributed by atoms with Gasteiger partial charge in [0.15, 0.2) is 0 Å². The highest BCUT2D eigenvalue weighted by molar-refractivity contribution is 5.93. The predicted molar refractivity (Wildman–Crippen MR) is 103 cm³/mol. The van der Waals surface area contributed by atoms with Crippen molar-refractivity contribution in [3.05, 3.63) is 75.9 Å². The third kappa shape index (κ3) is 4.18. The zero-order valence-corrected chi connectivity index (χ0v) is 15.1. The number of pyridine rings is 1. The molecule has 2 aromatic heterocycles. The lowest BCUT2D eigenvalue weighted by atomic mass is 10.1. The second kappa shape index (κ2) is 8.08. The van der Waals surface area contributed by atoms with E-state index in [2.05, 4.69) is 31.1 Å². The van der Waals surface area contributed by atoms with Gasteiger partial charge in [0.05, 0.1) is 4.92 Å². The molecule has 3 rings (SSSR count). The summed E-state index contributed by atoms with van der Waals surface area (Å²) in [5, 5.41) is 14.6. The van der Waals surface area contributed by atoms with E-state index < -0.39 is 16.5 Å². The molecule has 0 aliphatic rings. The third-order valence-electron chi connectivity index (χ3n) is 3.84. The van der Waals surface area contributed by atoms with Crippen LogP contribution in [0.4, 0.5) is 23.0 Å². The molecule has 0 saturated carbocycles. The molecule has 2 heterocycles. The van der Waals surface area contributed by atoms with Crippen molar-refractivity contribution in [3.8, 4) is 0 Å². The van der Waals surface area contributed by atoms with Gasteiger partial charge >= 0.3 is 5.69 Å². The molecule has 0 atom stereocenters. The van der Waals surface area contributed by atoms with Crippen molar-refractivity contribution < 1.29 is 9.72 Å². The minimum Gasteiger partial charge on any atom is -0.334 e. The van der Waals surface area contributed by atoms with Gasteiger partial charge < -0.3 is 5.32 Å². The Kier molecular flexibility index (Phi) is 5.40. The molecular weight excluding hydrogens is 362 g/mol. The molecule has 0 saturated heterocycles. The Morgan fingerprint density at radius 1 is 1.07 bits per heavy atom. The van der Waals surface area contributed by atoms with E-state index in [9.17, 15) is 14.9 Å². The number of hydrazine groups is 1. The molecule has 10 nitrogen and oxygen atoms in total. The van der Waals surface area contributed by atoms with Gasteiger partial charge in [-0.15, -0.1) is 0 Å². The number of hydrogen-bond donors (Lipinski definition) is 3. The maximum Gasteiger partial charge on any atom is 0.355 e. The molecule has 3 N–H and O–H groups in total. The van der Waals surface area contributed by atoms with E-state index >= 15 is 0 Å². The summed E-state index contributed by atoms with van der Waals surface area (Å²) in [6, 6.07) is 10.5. The van der Waals surface area contributed by atoms with Crippen LogP contribution < -0.4 is 16.2 Å². The zero-order valence-electron chi connectivity index (χ0n) is 15.1. The zero-order chi connectivity index (χ0) is 20.1. The van der Waals surface area contributed by atoms with Crippen LogP contribution in [0.25, 0.3) is 0 Å². The summed E-state index contributed by atoms with van der Waals surface area (Å²) in [4.78, 5) is 34.9. The number of rotatable bonds is 6. The lowest BCUT2D eigenvalue weighted by Gasteiger charge is -2.12. The van der Waals surface area contributed by atoms with Crippen LogP contribution in [-0.2, 0) is 0 Å². The van der Waals surface area contributed by atoms with E-state index in [1.165, 1.54) is 12.3 Å². The number of benzene rings is 1. The number of hydrogen-bond acceptors (Lipinski definition) is 8. The third-order valence-corrected chi connectivity index (χ3v) is 3.84. The summed E-state index contributed by atoms with van der Waals surface area (Å²) in [6.07, 6.45) is 2.63. The van der Waals surface area contributed by atoms with Crippen molar-refractivity contribution in [2.24, 2.45) is 0 Å². The average Bonchev–Trinajstić information content (AvgIpc) is 2.69. The largest absolute Gasteiger partial charge is 0.355 e. The van der Waals surface area contributed by atoms with Crippen LogP contribution in [-0.4, -0.2) is 25.8 Å².